The van der Waals surface area contributed by atoms with E-state index in [-0.39, 0.29) is 38.6 Å². The molecular formula is C46H43FN6O10S. The Morgan fingerprint density at radius 3 is 2.38 bits per heavy atom. The monoisotopic (exact) mass is 890 g/mol. The van der Waals surface area contributed by atoms with E-state index in [0.29, 0.717) is 42.4 Å². The molecule has 16 nitrogen and oxygen atoms in total. The third-order valence-electron chi connectivity index (χ3n) is 10.4. The van der Waals surface area contributed by atoms with Crippen LogP contribution in [0.3, 0.4) is 0 Å². The number of ketones is 1. The first-order valence-corrected chi connectivity index (χ1v) is 22.1. The Kier molecular flexibility index (Phi) is 13.8. The van der Waals surface area contributed by atoms with E-state index < -0.39 is 59.2 Å². The van der Waals surface area contributed by atoms with Crippen molar-refractivity contribution in [1.29, 1.82) is 0 Å². The largest absolute Gasteiger partial charge is 0.465 e. The predicted octanol–water partition coefficient (Wildman–Crippen LogP) is 6.25. The summed E-state index contributed by atoms with van der Waals surface area (Å²) in [6.45, 7) is 1.55. The number of carbonyl (C=O) groups excluding carboxylic acids is 4. The summed E-state index contributed by atoms with van der Waals surface area (Å²) >= 11 is 0. The Morgan fingerprint density at radius 2 is 1.69 bits per heavy atom. The summed E-state index contributed by atoms with van der Waals surface area (Å²) < 4.78 is 62.6. The van der Waals surface area contributed by atoms with Crippen LogP contribution in [0.2, 0.25) is 0 Å². The molecule has 2 aromatic heterocycles. The molecule has 0 spiro atoms. The molecule has 2 heterocycles. The third-order valence-corrected chi connectivity index (χ3v) is 11.6. The van der Waals surface area contributed by atoms with Gasteiger partial charge in [-0.05, 0) is 84.9 Å². The highest BCUT2D eigenvalue weighted by Crippen LogP contribution is 2.38. The maximum Gasteiger partial charge on any atom is 0.340 e. The molecule has 0 aliphatic heterocycles. The number of Topliss-reactive ketones (excluding diaryl/α,β-unsaturated/α-hetero) is 1. The van der Waals surface area contributed by atoms with E-state index in [9.17, 15) is 32.0 Å². The molecule has 0 fully saturated rings. The van der Waals surface area contributed by atoms with E-state index in [0.717, 1.165) is 54.9 Å². The van der Waals surface area contributed by atoms with E-state index in [1.807, 2.05) is 13.0 Å². The zero-order chi connectivity index (χ0) is 45.4. The lowest BCUT2D eigenvalue weighted by Crippen LogP contribution is -2.22. The van der Waals surface area contributed by atoms with E-state index in [4.69, 9.17) is 18.9 Å². The number of imidazole rings is 1. The number of para-hydroxylation sites is 1. The molecule has 1 atom stereocenters. The zero-order valence-corrected chi connectivity index (χ0v) is 35.9. The minimum absolute atomic E-state index is 0.00978. The summed E-state index contributed by atoms with van der Waals surface area (Å²) in [7, 11) is -3.58. The fraction of sp³-hybridized carbons (Fsp3) is 0.261. The Labute approximate surface area is 367 Å². The summed E-state index contributed by atoms with van der Waals surface area (Å²) in [5, 5.41) is 14.7. The average Bonchev–Trinajstić information content (AvgIpc) is 3.95. The number of aromatic nitrogens is 6. The van der Waals surface area contributed by atoms with Gasteiger partial charge in [-0.25, -0.2) is 22.4 Å². The van der Waals surface area contributed by atoms with Gasteiger partial charge < -0.3 is 18.9 Å². The number of nitrogens with one attached hydrogen (secondary N) is 1. The first-order chi connectivity index (χ1) is 30.8. The number of nitrogens with zero attached hydrogens (tertiary/aromatic N) is 5. The highest BCUT2D eigenvalue weighted by atomic mass is 32.2. The van der Waals surface area contributed by atoms with Crippen LogP contribution in [0.1, 0.15) is 66.3 Å². The number of halogens is 1. The molecule has 0 saturated carbocycles. The van der Waals surface area contributed by atoms with Gasteiger partial charge >= 0.3 is 17.9 Å². The Bertz CT molecular complexity index is 2880. The zero-order valence-electron chi connectivity index (χ0n) is 35.1. The predicted molar refractivity (Wildman–Crippen MR) is 231 cm³/mol. The van der Waals surface area contributed by atoms with Gasteiger partial charge in [0.2, 0.25) is 5.78 Å². The van der Waals surface area contributed by atoms with Gasteiger partial charge in [0.05, 0.1) is 39.6 Å². The Balaban J connectivity index is 1.08. The lowest BCUT2D eigenvalue weighted by molar-refractivity contribution is -0.143. The number of tetrazole rings is 1. The molecule has 1 N–H and O–H groups in total. The molecule has 5 aromatic rings. The number of fused-ring (bicyclic) bond motifs is 1. The highest BCUT2D eigenvalue weighted by molar-refractivity contribution is 7.90. The van der Waals surface area contributed by atoms with Gasteiger partial charge in [0.1, 0.15) is 12.4 Å². The number of benzene rings is 3. The number of hydrogen-bond donors (Lipinski definition) is 1. The maximum absolute atomic E-state index is 14.5. The lowest BCUT2D eigenvalue weighted by atomic mass is 9.82. The van der Waals surface area contributed by atoms with Crippen LogP contribution < -0.4 is 4.74 Å². The number of allylic oxidation sites excluding steroid dienone is 8. The molecule has 18 heteroatoms. The molecule has 330 valence electrons. The van der Waals surface area contributed by atoms with Gasteiger partial charge in [-0.2, -0.15) is 10.2 Å². The lowest BCUT2D eigenvalue weighted by Gasteiger charge is -2.24. The number of carbonyl (C=O) groups is 4. The highest BCUT2D eigenvalue weighted by Gasteiger charge is 2.28. The SMILES string of the molecule is CCOc1nc2cccc(C(=O)OCC(=O)COC(=O)/C(=C(\COC(C)=O)c3ccc(S(C)(=O)=O)cc3)c3cccc(F)c3)c2n1CC1=CC=C(C2=CC=CCC2c2nn[nH]n2)CC1. The van der Waals surface area contributed by atoms with E-state index in [1.54, 1.807) is 22.8 Å². The van der Waals surface area contributed by atoms with Gasteiger partial charge in [0.15, 0.2) is 28.9 Å². The number of rotatable bonds is 17. The minimum atomic E-state index is -3.58. The van der Waals surface area contributed by atoms with Crippen molar-refractivity contribution in [1.82, 2.24) is 30.2 Å². The van der Waals surface area contributed by atoms with Crippen molar-refractivity contribution in [3.8, 4) is 6.01 Å². The van der Waals surface area contributed by atoms with Crippen LogP contribution in [0.4, 0.5) is 4.39 Å². The maximum atomic E-state index is 14.5. The van der Waals surface area contributed by atoms with Crippen molar-refractivity contribution in [2.45, 2.75) is 50.5 Å². The molecule has 2 aliphatic carbocycles. The van der Waals surface area contributed by atoms with Crippen molar-refractivity contribution >= 4 is 55.7 Å². The van der Waals surface area contributed by atoms with Gasteiger partial charge in [-0.15, -0.1) is 10.2 Å². The van der Waals surface area contributed by atoms with Gasteiger partial charge in [0.25, 0.3) is 6.01 Å². The normalized spacial score (nSPS) is 15.4. The van der Waals surface area contributed by atoms with Gasteiger partial charge in [-0.3, -0.25) is 14.2 Å². The molecule has 1 unspecified atom stereocenters. The van der Waals surface area contributed by atoms with Crippen LogP contribution in [0.5, 0.6) is 6.01 Å². The van der Waals surface area contributed by atoms with Crippen LogP contribution in [0.15, 0.2) is 119 Å². The number of ether oxygens (including phenoxy) is 4. The van der Waals surface area contributed by atoms with E-state index in [2.05, 4.69) is 49.9 Å². The second kappa shape index (κ2) is 19.8. The summed E-state index contributed by atoms with van der Waals surface area (Å²) in [4.78, 5) is 57.2. The summed E-state index contributed by atoms with van der Waals surface area (Å²) in [6.07, 6.45) is 13.6. The van der Waals surface area contributed by atoms with Crippen molar-refractivity contribution in [2.24, 2.45) is 0 Å². The summed E-state index contributed by atoms with van der Waals surface area (Å²) in [5.41, 5.74) is 4.48. The van der Waals surface area contributed by atoms with Gasteiger partial charge in [0, 0.05) is 25.3 Å². The smallest absolute Gasteiger partial charge is 0.340 e. The number of esters is 3. The van der Waals surface area contributed by atoms with Crippen LogP contribution in [0, 0.1) is 5.82 Å². The first-order valence-electron chi connectivity index (χ1n) is 20.2. The number of H-pyrrole nitrogens is 1. The molecule has 64 heavy (non-hydrogen) atoms. The number of sulfone groups is 1. The molecule has 0 radical (unpaired) electrons. The molecular weight excluding hydrogens is 848 g/mol. The second-order valence-electron chi connectivity index (χ2n) is 14.8. The van der Waals surface area contributed by atoms with Crippen LogP contribution in [-0.2, 0) is 45.0 Å². The van der Waals surface area contributed by atoms with E-state index in [1.165, 1.54) is 36.4 Å². The fourth-order valence-electron chi connectivity index (χ4n) is 7.41. The first kappa shape index (κ1) is 44.7. The molecule has 7 rings (SSSR count). The average molecular weight is 891 g/mol. The van der Waals surface area contributed by atoms with Crippen LogP contribution >= 0.6 is 0 Å². The third kappa shape index (κ3) is 10.5. The van der Waals surface area contributed by atoms with Crippen LogP contribution in [-0.4, -0.2) is 95.0 Å². The van der Waals surface area contributed by atoms with Crippen molar-refractivity contribution < 1.29 is 50.9 Å². The standard InChI is InChI=1S/C46H43FN6O10S/c1-4-60-46-48-40-14-8-13-38(42(40)53(46)24-29-15-17-30(18-16-29)36-11-5-6-12-37(36)43-49-51-52-50-43)44(56)62-25-34(55)26-63-45(57)41(32-9-7-10-33(47)23-32)39(27-61-28(2)54)31-19-21-35(22-20-31)64(3,58)59/h5-11,13-15,17,19-23,37H,4,12,16,18,24-27H2,1-3H3,(H,49,50,51,52)/b41-39+. The number of aromatic amines is 1. The number of hydrogen-bond acceptors (Lipinski definition) is 14. The summed E-state index contributed by atoms with van der Waals surface area (Å²) in [6, 6.07) is 15.6. The quantitative estimate of drug-likeness (QED) is 0.0473. The summed E-state index contributed by atoms with van der Waals surface area (Å²) in [5.74, 6) is -3.47. The molecule has 0 amide bonds. The second-order valence-corrected chi connectivity index (χ2v) is 16.9. The van der Waals surface area contributed by atoms with Gasteiger partial charge in [-0.1, -0.05) is 71.5 Å². The topological polar surface area (TPSA) is 212 Å². The van der Waals surface area contributed by atoms with Crippen molar-refractivity contribution in [3.63, 3.8) is 0 Å². The van der Waals surface area contributed by atoms with Crippen molar-refractivity contribution in [3.05, 3.63) is 142 Å². The van der Waals surface area contributed by atoms with Crippen LogP contribution in [0.25, 0.3) is 22.2 Å². The minimum Gasteiger partial charge on any atom is -0.465 e. The fourth-order valence-corrected chi connectivity index (χ4v) is 8.04. The molecule has 0 saturated heterocycles. The molecule has 0 bridgehead atoms. The Morgan fingerprint density at radius 1 is 0.906 bits per heavy atom. The van der Waals surface area contributed by atoms with E-state index >= 15 is 0 Å². The Hall–Kier alpha value is -7.34. The molecule has 2 aliphatic rings. The van der Waals surface area contributed by atoms with Crippen molar-refractivity contribution in [2.75, 3.05) is 32.7 Å². The molecule has 3 aromatic carbocycles.